The average Bonchev–Trinajstić information content (AvgIpc) is 3.65. The lowest BCUT2D eigenvalue weighted by molar-refractivity contribution is 0.0927. The molecule has 0 saturated heterocycles. The third-order valence-electron chi connectivity index (χ3n) is 7.79. The molecular formula is C30H28N6O4. The first kappa shape index (κ1) is 25.4. The van der Waals surface area contributed by atoms with Crippen molar-refractivity contribution in [1.29, 1.82) is 0 Å². The number of aryl methyl sites for hydroxylation is 2. The number of amides is 2. The highest BCUT2D eigenvalue weighted by molar-refractivity contribution is 5.98. The van der Waals surface area contributed by atoms with E-state index in [9.17, 15) is 14.4 Å². The molecule has 3 aromatic heterocycles. The Morgan fingerprint density at radius 3 is 2.67 bits per heavy atom. The summed E-state index contributed by atoms with van der Waals surface area (Å²) in [5.41, 5.74) is 6.76. The standard InChI is InChI=1S/C30H28N6O4/c1-15-18(4)40-27-10-5-19(11-23(15)27)13-31-28(38)25-12-26(36-30(35-25)32-14-33-36)29(39)34-24-9-8-21-16(2)20(17(3)37)6-7-22(21)24/h5-7,10-12,14,24H,8-9,13H2,1-4H3,(H,31,38)(H,34,39)/t24-/m0/s1. The van der Waals surface area contributed by atoms with Gasteiger partial charge in [-0.1, -0.05) is 18.2 Å². The van der Waals surface area contributed by atoms with Crippen LogP contribution in [0.3, 0.4) is 0 Å². The molecule has 1 aliphatic rings. The number of rotatable bonds is 6. The molecule has 0 spiro atoms. The number of nitrogens with one attached hydrogen (secondary N) is 2. The molecular weight excluding hydrogens is 508 g/mol. The number of ketones is 1. The fraction of sp³-hybridized carbons (Fsp3) is 0.267. The van der Waals surface area contributed by atoms with E-state index in [-0.39, 0.29) is 35.5 Å². The molecule has 202 valence electrons. The van der Waals surface area contributed by atoms with Gasteiger partial charge in [0.25, 0.3) is 17.6 Å². The van der Waals surface area contributed by atoms with Crippen LogP contribution in [0.15, 0.2) is 47.1 Å². The molecule has 5 aromatic rings. The van der Waals surface area contributed by atoms with Gasteiger partial charge in [0.05, 0.1) is 6.04 Å². The van der Waals surface area contributed by atoms with E-state index in [0.717, 1.165) is 51.0 Å². The highest BCUT2D eigenvalue weighted by Gasteiger charge is 2.28. The van der Waals surface area contributed by atoms with E-state index in [4.69, 9.17) is 4.42 Å². The van der Waals surface area contributed by atoms with Gasteiger partial charge in [-0.2, -0.15) is 14.6 Å². The molecule has 0 aliphatic heterocycles. The zero-order valence-corrected chi connectivity index (χ0v) is 22.7. The zero-order valence-electron chi connectivity index (χ0n) is 22.7. The van der Waals surface area contributed by atoms with E-state index in [1.807, 2.05) is 51.1 Å². The van der Waals surface area contributed by atoms with Gasteiger partial charge in [-0.25, -0.2) is 4.98 Å². The lowest BCUT2D eigenvalue weighted by atomic mass is 9.96. The van der Waals surface area contributed by atoms with Gasteiger partial charge in [-0.05, 0) is 80.5 Å². The molecule has 1 aliphatic carbocycles. The molecule has 0 fully saturated rings. The van der Waals surface area contributed by atoms with E-state index in [0.29, 0.717) is 12.0 Å². The molecule has 2 aromatic carbocycles. The maximum atomic E-state index is 13.5. The minimum atomic E-state index is -0.432. The van der Waals surface area contributed by atoms with Crippen molar-refractivity contribution < 1.29 is 18.8 Å². The van der Waals surface area contributed by atoms with Gasteiger partial charge < -0.3 is 15.1 Å². The number of carbonyl (C=O) groups is 3. The fourth-order valence-corrected chi connectivity index (χ4v) is 5.51. The average molecular weight is 537 g/mol. The Kier molecular flexibility index (Phi) is 6.17. The summed E-state index contributed by atoms with van der Waals surface area (Å²) < 4.78 is 7.06. The van der Waals surface area contributed by atoms with E-state index in [2.05, 4.69) is 25.7 Å². The second-order valence-electron chi connectivity index (χ2n) is 10.2. The molecule has 10 heteroatoms. The van der Waals surface area contributed by atoms with Gasteiger partial charge in [0.15, 0.2) is 5.78 Å². The molecule has 0 bridgehead atoms. The Hall–Kier alpha value is -4.86. The highest BCUT2D eigenvalue weighted by Crippen LogP contribution is 2.35. The van der Waals surface area contributed by atoms with Crippen molar-refractivity contribution >= 4 is 34.3 Å². The Labute approximate surface area is 229 Å². The van der Waals surface area contributed by atoms with Gasteiger partial charge in [0.1, 0.15) is 29.1 Å². The van der Waals surface area contributed by atoms with Crippen LogP contribution in [0.5, 0.6) is 0 Å². The van der Waals surface area contributed by atoms with Crippen LogP contribution in [0.25, 0.3) is 16.7 Å². The smallest absolute Gasteiger partial charge is 0.270 e. The van der Waals surface area contributed by atoms with Crippen LogP contribution < -0.4 is 10.6 Å². The van der Waals surface area contributed by atoms with Crippen LogP contribution in [0.1, 0.15) is 84.3 Å². The monoisotopic (exact) mass is 536 g/mol. The molecule has 10 nitrogen and oxygen atoms in total. The van der Waals surface area contributed by atoms with E-state index in [1.54, 1.807) is 6.92 Å². The second kappa shape index (κ2) is 9.71. The molecule has 1 atom stereocenters. The van der Waals surface area contributed by atoms with Crippen molar-refractivity contribution in [1.82, 2.24) is 30.2 Å². The topological polar surface area (TPSA) is 131 Å². The van der Waals surface area contributed by atoms with E-state index >= 15 is 0 Å². The van der Waals surface area contributed by atoms with Crippen molar-refractivity contribution in [3.63, 3.8) is 0 Å². The number of hydrogen-bond donors (Lipinski definition) is 2. The fourth-order valence-electron chi connectivity index (χ4n) is 5.51. The predicted octanol–water partition coefficient (Wildman–Crippen LogP) is 4.35. The maximum Gasteiger partial charge on any atom is 0.270 e. The Morgan fingerprint density at radius 1 is 1.05 bits per heavy atom. The third kappa shape index (κ3) is 4.31. The van der Waals surface area contributed by atoms with Crippen LogP contribution in [0, 0.1) is 20.8 Å². The molecule has 2 amide bonds. The van der Waals surface area contributed by atoms with Crippen LogP contribution in [0.2, 0.25) is 0 Å². The van der Waals surface area contributed by atoms with Crippen LogP contribution in [0.4, 0.5) is 0 Å². The summed E-state index contributed by atoms with van der Waals surface area (Å²) in [5, 5.41) is 11.1. The molecule has 0 saturated carbocycles. The van der Waals surface area contributed by atoms with Gasteiger partial charge in [-0.15, -0.1) is 0 Å². The predicted molar refractivity (Wildman–Crippen MR) is 147 cm³/mol. The first-order chi connectivity index (χ1) is 19.2. The Morgan fingerprint density at radius 2 is 1.88 bits per heavy atom. The molecule has 0 radical (unpaired) electrons. The lowest BCUT2D eigenvalue weighted by Gasteiger charge is -2.16. The second-order valence-corrected chi connectivity index (χ2v) is 10.2. The molecule has 2 N–H and O–H groups in total. The van der Waals surface area contributed by atoms with Crippen LogP contribution in [-0.2, 0) is 13.0 Å². The summed E-state index contributed by atoms with van der Waals surface area (Å²) >= 11 is 0. The van der Waals surface area contributed by atoms with Crippen LogP contribution >= 0.6 is 0 Å². The van der Waals surface area contributed by atoms with Gasteiger partial charge in [0, 0.05) is 23.6 Å². The summed E-state index contributed by atoms with van der Waals surface area (Å²) in [6.07, 6.45) is 2.77. The first-order valence-electron chi connectivity index (χ1n) is 13.1. The summed E-state index contributed by atoms with van der Waals surface area (Å²) in [7, 11) is 0. The van der Waals surface area contributed by atoms with Gasteiger partial charge in [-0.3, -0.25) is 14.4 Å². The molecule has 0 unspecified atom stereocenters. The Balaban J connectivity index is 1.23. The minimum Gasteiger partial charge on any atom is -0.461 e. The summed E-state index contributed by atoms with van der Waals surface area (Å²) in [5.74, 6) is 0.214. The Bertz CT molecular complexity index is 1850. The van der Waals surface area contributed by atoms with E-state index < -0.39 is 11.8 Å². The van der Waals surface area contributed by atoms with Crippen LogP contribution in [-0.4, -0.2) is 37.2 Å². The number of furan rings is 1. The number of fused-ring (bicyclic) bond motifs is 3. The van der Waals surface area contributed by atoms with E-state index in [1.165, 1.54) is 16.9 Å². The van der Waals surface area contributed by atoms with Crippen molar-refractivity contribution in [2.45, 2.75) is 53.1 Å². The largest absolute Gasteiger partial charge is 0.461 e. The SMILES string of the molecule is CC(=O)c1ccc2c(c1C)CC[C@@H]2NC(=O)c1cc(C(=O)NCc2ccc3oc(C)c(C)c3c2)nc2ncnn12. The van der Waals surface area contributed by atoms with Crippen molar-refractivity contribution in [3.05, 3.63) is 93.3 Å². The maximum absolute atomic E-state index is 13.5. The number of Topliss-reactive ketones (excluding diaryl/α,β-unsaturated/α-hetero) is 1. The third-order valence-corrected chi connectivity index (χ3v) is 7.79. The number of carbonyl (C=O) groups excluding carboxylic acids is 3. The quantitative estimate of drug-likeness (QED) is 0.309. The number of aromatic nitrogens is 4. The van der Waals surface area contributed by atoms with Gasteiger partial charge >= 0.3 is 0 Å². The highest BCUT2D eigenvalue weighted by atomic mass is 16.3. The van der Waals surface area contributed by atoms with Crippen molar-refractivity contribution in [2.24, 2.45) is 0 Å². The zero-order chi connectivity index (χ0) is 28.1. The summed E-state index contributed by atoms with van der Waals surface area (Å²) in [6, 6.07) is 10.7. The van der Waals surface area contributed by atoms with Crippen molar-refractivity contribution in [2.75, 3.05) is 0 Å². The minimum absolute atomic E-state index is 0.0243. The molecule has 3 heterocycles. The summed E-state index contributed by atoms with van der Waals surface area (Å²) in [6.45, 7) is 7.71. The normalized spacial score (nSPS) is 14.4. The summed E-state index contributed by atoms with van der Waals surface area (Å²) in [4.78, 5) is 47.0. The van der Waals surface area contributed by atoms with Gasteiger partial charge in [0.2, 0.25) is 0 Å². The van der Waals surface area contributed by atoms with Crippen molar-refractivity contribution in [3.8, 4) is 0 Å². The number of hydrogen-bond acceptors (Lipinski definition) is 7. The number of nitrogens with zero attached hydrogens (tertiary/aromatic N) is 4. The number of benzene rings is 2. The molecule has 6 rings (SSSR count). The molecule has 40 heavy (non-hydrogen) atoms. The first-order valence-corrected chi connectivity index (χ1v) is 13.1. The lowest BCUT2D eigenvalue weighted by Crippen LogP contribution is -2.30.